The van der Waals surface area contributed by atoms with Crippen LogP contribution in [0.2, 0.25) is 5.02 Å². The van der Waals surface area contributed by atoms with E-state index in [9.17, 15) is 4.79 Å². The number of aryl methyl sites for hydroxylation is 1. The standard InChI is InChI=1S/C16H15ClO2/c1-12-11-14(7-8-15(12)17)19-10-9-16(18)13-5-3-2-4-6-13/h2-8,11H,9-10H2,1H3. The first-order chi connectivity index (χ1) is 9.16. The Labute approximate surface area is 118 Å². The van der Waals surface area contributed by atoms with Gasteiger partial charge in [-0.25, -0.2) is 0 Å². The lowest BCUT2D eigenvalue weighted by Gasteiger charge is -2.07. The number of carbonyl (C=O) groups excluding carboxylic acids is 1. The maximum absolute atomic E-state index is 11.9. The van der Waals surface area contributed by atoms with E-state index in [1.807, 2.05) is 49.4 Å². The van der Waals surface area contributed by atoms with Crippen LogP contribution in [0.15, 0.2) is 48.5 Å². The molecule has 0 aliphatic heterocycles. The molecule has 3 heteroatoms. The molecule has 0 unspecified atom stereocenters. The molecular weight excluding hydrogens is 260 g/mol. The van der Waals surface area contributed by atoms with Gasteiger partial charge in [0, 0.05) is 17.0 Å². The number of carbonyl (C=O) groups is 1. The molecule has 0 bridgehead atoms. The minimum atomic E-state index is 0.0892. The summed E-state index contributed by atoms with van der Waals surface area (Å²) in [5.74, 6) is 0.828. The van der Waals surface area contributed by atoms with E-state index in [-0.39, 0.29) is 5.78 Å². The summed E-state index contributed by atoms with van der Waals surface area (Å²) in [6.07, 6.45) is 0.367. The van der Waals surface area contributed by atoms with Gasteiger partial charge in [0.1, 0.15) is 5.75 Å². The van der Waals surface area contributed by atoms with Gasteiger partial charge in [-0.3, -0.25) is 4.79 Å². The second-order valence-corrected chi connectivity index (χ2v) is 4.71. The Kier molecular flexibility index (Phi) is 4.58. The smallest absolute Gasteiger partial charge is 0.166 e. The van der Waals surface area contributed by atoms with Gasteiger partial charge in [-0.05, 0) is 30.7 Å². The van der Waals surface area contributed by atoms with Gasteiger partial charge in [-0.15, -0.1) is 0 Å². The molecule has 0 spiro atoms. The number of hydrogen-bond acceptors (Lipinski definition) is 2. The van der Waals surface area contributed by atoms with Crippen LogP contribution in [0.1, 0.15) is 22.3 Å². The monoisotopic (exact) mass is 274 g/mol. The van der Waals surface area contributed by atoms with E-state index >= 15 is 0 Å². The summed E-state index contributed by atoms with van der Waals surface area (Å²) in [5, 5.41) is 0.715. The van der Waals surface area contributed by atoms with Crippen LogP contribution < -0.4 is 4.74 Å². The lowest BCUT2D eigenvalue weighted by molar-refractivity contribution is 0.0962. The molecule has 19 heavy (non-hydrogen) atoms. The highest BCUT2D eigenvalue weighted by Crippen LogP contribution is 2.21. The zero-order chi connectivity index (χ0) is 13.7. The SMILES string of the molecule is Cc1cc(OCCC(=O)c2ccccc2)ccc1Cl. The Bertz CT molecular complexity index is 564. The van der Waals surface area contributed by atoms with Crippen LogP contribution in [0.5, 0.6) is 5.75 Å². The van der Waals surface area contributed by atoms with Gasteiger partial charge in [0.05, 0.1) is 6.61 Å². The third-order valence-electron chi connectivity index (χ3n) is 2.82. The van der Waals surface area contributed by atoms with Crippen LogP contribution in [0.25, 0.3) is 0 Å². The van der Waals surface area contributed by atoms with Crippen LogP contribution in [0, 0.1) is 6.92 Å². The van der Waals surface area contributed by atoms with Crippen molar-refractivity contribution < 1.29 is 9.53 Å². The van der Waals surface area contributed by atoms with Crippen molar-refractivity contribution in [2.24, 2.45) is 0 Å². The number of halogens is 1. The summed E-state index contributed by atoms with van der Waals surface area (Å²) < 4.78 is 5.55. The summed E-state index contributed by atoms with van der Waals surface area (Å²) in [7, 11) is 0. The number of ether oxygens (including phenoxy) is 1. The molecule has 0 aliphatic rings. The van der Waals surface area contributed by atoms with Gasteiger partial charge < -0.3 is 4.74 Å². The molecule has 2 nitrogen and oxygen atoms in total. The Morgan fingerprint density at radius 2 is 1.89 bits per heavy atom. The van der Waals surface area contributed by atoms with Crippen LogP contribution in [0.3, 0.4) is 0 Å². The number of Topliss-reactive ketones (excluding diaryl/α,β-unsaturated/α-hetero) is 1. The van der Waals surface area contributed by atoms with Gasteiger partial charge >= 0.3 is 0 Å². The highest BCUT2D eigenvalue weighted by atomic mass is 35.5. The first-order valence-electron chi connectivity index (χ1n) is 6.14. The van der Waals surface area contributed by atoms with Gasteiger partial charge in [0.15, 0.2) is 5.78 Å². The number of benzene rings is 2. The fourth-order valence-corrected chi connectivity index (χ4v) is 1.85. The number of ketones is 1. The molecule has 0 saturated carbocycles. The number of rotatable bonds is 5. The highest BCUT2D eigenvalue weighted by Gasteiger charge is 2.05. The normalized spacial score (nSPS) is 10.2. The largest absolute Gasteiger partial charge is 0.493 e. The van der Waals surface area contributed by atoms with E-state index in [1.54, 1.807) is 6.07 Å². The molecule has 0 saturated heterocycles. The van der Waals surface area contributed by atoms with Gasteiger partial charge in [-0.1, -0.05) is 41.9 Å². The maximum Gasteiger partial charge on any atom is 0.166 e. The predicted octanol–water partition coefficient (Wildman–Crippen LogP) is 4.30. The van der Waals surface area contributed by atoms with E-state index in [0.717, 1.165) is 16.9 Å². The van der Waals surface area contributed by atoms with Crippen molar-refractivity contribution in [1.82, 2.24) is 0 Å². The van der Waals surface area contributed by atoms with Crippen LogP contribution >= 0.6 is 11.6 Å². The van der Waals surface area contributed by atoms with Crippen molar-refractivity contribution in [3.8, 4) is 5.75 Å². The summed E-state index contributed by atoms with van der Waals surface area (Å²) in [6, 6.07) is 14.7. The third kappa shape index (κ3) is 3.83. The zero-order valence-electron chi connectivity index (χ0n) is 10.7. The predicted molar refractivity (Wildman–Crippen MR) is 77.1 cm³/mol. The molecule has 0 atom stereocenters. The molecule has 0 radical (unpaired) electrons. The zero-order valence-corrected chi connectivity index (χ0v) is 11.5. The Morgan fingerprint density at radius 3 is 2.58 bits per heavy atom. The van der Waals surface area contributed by atoms with Crippen molar-refractivity contribution >= 4 is 17.4 Å². The maximum atomic E-state index is 11.9. The van der Waals surface area contributed by atoms with Crippen LogP contribution in [-0.2, 0) is 0 Å². The Morgan fingerprint density at radius 1 is 1.16 bits per heavy atom. The fourth-order valence-electron chi connectivity index (χ4n) is 1.74. The minimum Gasteiger partial charge on any atom is -0.493 e. The van der Waals surface area contributed by atoms with E-state index in [2.05, 4.69) is 0 Å². The second-order valence-electron chi connectivity index (χ2n) is 4.30. The summed E-state index contributed by atoms with van der Waals surface area (Å²) in [4.78, 5) is 11.9. The molecule has 98 valence electrons. The molecule has 0 heterocycles. The highest BCUT2D eigenvalue weighted by molar-refractivity contribution is 6.31. The average Bonchev–Trinajstić information content (AvgIpc) is 2.43. The van der Waals surface area contributed by atoms with E-state index < -0.39 is 0 Å². The van der Waals surface area contributed by atoms with Gasteiger partial charge in [0.25, 0.3) is 0 Å². The molecule has 2 aromatic carbocycles. The van der Waals surface area contributed by atoms with E-state index in [4.69, 9.17) is 16.3 Å². The van der Waals surface area contributed by atoms with E-state index in [0.29, 0.717) is 18.1 Å². The van der Waals surface area contributed by atoms with Gasteiger partial charge in [-0.2, -0.15) is 0 Å². The van der Waals surface area contributed by atoms with Crippen LogP contribution in [-0.4, -0.2) is 12.4 Å². The van der Waals surface area contributed by atoms with Crippen molar-refractivity contribution in [3.63, 3.8) is 0 Å². The molecule has 0 N–H and O–H groups in total. The molecular formula is C16H15ClO2. The first-order valence-corrected chi connectivity index (χ1v) is 6.52. The Hall–Kier alpha value is -1.80. The summed E-state index contributed by atoms with van der Waals surface area (Å²) in [6.45, 7) is 2.29. The molecule has 2 aromatic rings. The molecule has 0 fully saturated rings. The van der Waals surface area contributed by atoms with Crippen LogP contribution in [0.4, 0.5) is 0 Å². The quantitative estimate of drug-likeness (QED) is 0.760. The molecule has 0 amide bonds. The average molecular weight is 275 g/mol. The first kappa shape index (κ1) is 13.6. The lowest BCUT2D eigenvalue weighted by atomic mass is 10.1. The summed E-state index contributed by atoms with van der Waals surface area (Å²) >= 11 is 5.94. The molecule has 0 aromatic heterocycles. The number of hydrogen-bond donors (Lipinski definition) is 0. The van der Waals surface area contributed by atoms with Crippen molar-refractivity contribution in [3.05, 3.63) is 64.7 Å². The topological polar surface area (TPSA) is 26.3 Å². The third-order valence-corrected chi connectivity index (χ3v) is 3.25. The molecule has 2 rings (SSSR count). The lowest BCUT2D eigenvalue weighted by Crippen LogP contribution is -2.06. The minimum absolute atomic E-state index is 0.0892. The fraction of sp³-hybridized carbons (Fsp3) is 0.188. The van der Waals surface area contributed by atoms with E-state index in [1.165, 1.54) is 0 Å². The van der Waals surface area contributed by atoms with Gasteiger partial charge in [0.2, 0.25) is 0 Å². The Balaban J connectivity index is 1.87. The summed E-state index contributed by atoms with van der Waals surface area (Å²) in [5.41, 5.74) is 1.69. The van der Waals surface area contributed by atoms with Crippen molar-refractivity contribution in [2.45, 2.75) is 13.3 Å². The second kappa shape index (κ2) is 6.39. The van der Waals surface area contributed by atoms with Crippen molar-refractivity contribution in [1.29, 1.82) is 0 Å². The molecule has 0 aliphatic carbocycles. The van der Waals surface area contributed by atoms with Crippen molar-refractivity contribution in [2.75, 3.05) is 6.61 Å².